The molecule has 1 amide bonds. The van der Waals surface area contributed by atoms with Crippen LogP contribution in [0.15, 0.2) is 24.3 Å². The fourth-order valence-corrected chi connectivity index (χ4v) is 2.81. The Labute approximate surface area is 119 Å². The van der Waals surface area contributed by atoms with Gasteiger partial charge in [-0.15, -0.1) is 6.42 Å². The van der Waals surface area contributed by atoms with Gasteiger partial charge in [0.15, 0.2) is 0 Å². The molecule has 0 radical (unpaired) electrons. The Kier molecular flexibility index (Phi) is 5.03. The van der Waals surface area contributed by atoms with Gasteiger partial charge < -0.3 is 10.1 Å². The number of amides is 1. The molecule has 2 rings (SSSR count). The van der Waals surface area contributed by atoms with Crippen molar-refractivity contribution in [2.24, 2.45) is 0 Å². The lowest BCUT2D eigenvalue weighted by atomic mass is 9.98. The summed E-state index contributed by atoms with van der Waals surface area (Å²) in [4.78, 5) is 11.1. The minimum Gasteiger partial charge on any atom is -0.453 e. The third-order valence-corrected chi connectivity index (χ3v) is 3.73. The standard InChI is InChI=1S/C16H20N2O2/c1-3-9-17-15-11-12(8-10-18-16(19)20-2)13-6-4-5-7-14(13)15/h1,4-7,12,15,17H,8-11H2,2H3,(H,18,19)/t12?,15-/m1/s1. The summed E-state index contributed by atoms with van der Waals surface area (Å²) in [5.74, 6) is 3.06. The lowest BCUT2D eigenvalue weighted by Gasteiger charge is -2.13. The Morgan fingerprint density at radius 2 is 2.20 bits per heavy atom. The summed E-state index contributed by atoms with van der Waals surface area (Å²) >= 11 is 0. The van der Waals surface area contributed by atoms with Gasteiger partial charge in [-0.05, 0) is 29.9 Å². The number of ether oxygens (including phenoxy) is 1. The van der Waals surface area contributed by atoms with Gasteiger partial charge >= 0.3 is 6.09 Å². The van der Waals surface area contributed by atoms with Gasteiger partial charge in [0, 0.05) is 12.6 Å². The molecule has 1 aromatic carbocycles. The van der Waals surface area contributed by atoms with Crippen molar-refractivity contribution < 1.29 is 9.53 Å². The van der Waals surface area contributed by atoms with E-state index in [9.17, 15) is 4.79 Å². The second-order valence-electron chi connectivity index (χ2n) is 4.91. The minimum atomic E-state index is -0.377. The zero-order chi connectivity index (χ0) is 14.4. The quantitative estimate of drug-likeness (QED) is 0.808. The molecule has 0 aromatic heterocycles. The molecule has 0 saturated heterocycles. The maximum atomic E-state index is 11.1. The Hall–Kier alpha value is -1.99. The molecule has 1 aliphatic carbocycles. The molecule has 1 unspecified atom stereocenters. The number of alkyl carbamates (subject to hydrolysis) is 1. The first-order chi connectivity index (χ1) is 9.76. The fourth-order valence-electron chi connectivity index (χ4n) is 2.81. The van der Waals surface area contributed by atoms with Crippen LogP contribution in [0.2, 0.25) is 0 Å². The molecule has 0 bridgehead atoms. The topological polar surface area (TPSA) is 50.4 Å². The number of terminal acetylenes is 1. The highest BCUT2D eigenvalue weighted by Crippen LogP contribution is 2.41. The first-order valence-electron chi connectivity index (χ1n) is 6.83. The second-order valence-corrected chi connectivity index (χ2v) is 4.91. The van der Waals surface area contributed by atoms with E-state index in [2.05, 4.69) is 45.6 Å². The fraction of sp³-hybridized carbons (Fsp3) is 0.438. The Morgan fingerprint density at radius 1 is 1.45 bits per heavy atom. The Bertz CT molecular complexity index is 507. The molecule has 0 heterocycles. The number of methoxy groups -OCH3 is 1. The molecule has 4 nitrogen and oxygen atoms in total. The van der Waals surface area contributed by atoms with Crippen molar-refractivity contribution in [1.29, 1.82) is 0 Å². The van der Waals surface area contributed by atoms with E-state index in [0.717, 1.165) is 12.8 Å². The van der Waals surface area contributed by atoms with E-state index in [0.29, 0.717) is 25.0 Å². The van der Waals surface area contributed by atoms with E-state index in [1.165, 1.54) is 18.2 Å². The van der Waals surface area contributed by atoms with Crippen molar-refractivity contribution in [1.82, 2.24) is 10.6 Å². The van der Waals surface area contributed by atoms with Crippen molar-refractivity contribution in [2.45, 2.75) is 24.8 Å². The van der Waals surface area contributed by atoms with Gasteiger partial charge in [0.2, 0.25) is 0 Å². The van der Waals surface area contributed by atoms with E-state index >= 15 is 0 Å². The monoisotopic (exact) mass is 272 g/mol. The zero-order valence-corrected chi connectivity index (χ0v) is 11.7. The number of fused-ring (bicyclic) bond motifs is 1. The number of nitrogens with one attached hydrogen (secondary N) is 2. The normalized spacial score (nSPS) is 20.0. The van der Waals surface area contributed by atoms with Gasteiger partial charge in [0.25, 0.3) is 0 Å². The molecule has 2 N–H and O–H groups in total. The molecular weight excluding hydrogens is 252 g/mol. The summed E-state index contributed by atoms with van der Waals surface area (Å²) in [5.41, 5.74) is 2.68. The molecule has 4 heteroatoms. The average Bonchev–Trinajstić information content (AvgIpc) is 2.83. The van der Waals surface area contributed by atoms with Gasteiger partial charge in [0.1, 0.15) is 0 Å². The second kappa shape index (κ2) is 6.97. The van der Waals surface area contributed by atoms with E-state index in [1.807, 2.05) is 0 Å². The Morgan fingerprint density at radius 3 is 2.90 bits per heavy atom. The van der Waals surface area contributed by atoms with Gasteiger partial charge in [-0.25, -0.2) is 4.79 Å². The van der Waals surface area contributed by atoms with Gasteiger partial charge in [-0.1, -0.05) is 30.2 Å². The molecule has 106 valence electrons. The highest BCUT2D eigenvalue weighted by molar-refractivity contribution is 5.66. The molecule has 1 aliphatic rings. The van der Waals surface area contributed by atoms with E-state index in [4.69, 9.17) is 6.42 Å². The number of benzene rings is 1. The van der Waals surface area contributed by atoms with Crippen LogP contribution < -0.4 is 10.6 Å². The molecule has 0 fully saturated rings. The molecule has 0 spiro atoms. The van der Waals surface area contributed by atoms with Crippen molar-refractivity contribution in [3.8, 4) is 12.3 Å². The molecule has 2 atom stereocenters. The van der Waals surface area contributed by atoms with E-state index in [1.54, 1.807) is 0 Å². The van der Waals surface area contributed by atoms with Gasteiger partial charge in [0.05, 0.1) is 13.7 Å². The Balaban J connectivity index is 1.98. The number of hydrogen-bond donors (Lipinski definition) is 2. The van der Waals surface area contributed by atoms with Crippen LogP contribution in [-0.4, -0.2) is 26.3 Å². The molecule has 0 aliphatic heterocycles. The lowest BCUT2D eigenvalue weighted by Crippen LogP contribution is -2.25. The van der Waals surface area contributed by atoms with Crippen LogP contribution in [0, 0.1) is 12.3 Å². The smallest absolute Gasteiger partial charge is 0.406 e. The SMILES string of the molecule is C#CCN[C@@H]1CC(CCNC(=O)OC)c2ccccc21. The van der Waals surface area contributed by atoms with Crippen LogP contribution in [0.1, 0.15) is 35.9 Å². The van der Waals surface area contributed by atoms with Gasteiger partial charge in [-0.2, -0.15) is 0 Å². The zero-order valence-electron chi connectivity index (χ0n) is 11.7. The number of hydrogen-bond acceptors (Lipinski definition) is 3. The average molecular weight is 272 g/mol. The van der Waals surface area contributed by atoms with Crippen molar-refractivity contribution in [3.63, 3.8) is 0 Å². The summed E-state index contributed by atoms with van der Waals surface area (Å²) in [6.45, 7) is 1.19. The summed E-state index contributed by atoms with van der Waals surface area (Å²) < 4.78 is 4.57. The maximum Gasteiger partial charge on any atom is 0.406 e. The minimum absolute atomic E-state index is 0.311. The third kappa shape index (κ3) is 3.31. The van der Waals surface area contributed by atoms with Crippen molar-refractivity contribution in [2.75, 3.05) is 20.2 Å². The summed E-state index contributed by atoms with van der Waals surface area (Å²) in [5, 5.41) is 6.11. The van der Waals surface area contributed by atoms with Crippen LogP contribution in [0.25, 0.3) is 0 Å². The maximum absolute atomic E-state index is 11.1. The molecule has 1 aromatic rings. The summed E-state index contributed by atoms with van der Waals surface area (Å²) in [7, 11) is 1.37. The van der Waals surface area contributed by atoms with Crippen LogP contribution >= 0.6 is 0 Å². The van der Waals surface area contributed by atoms with Crippen molar-refractivity contribution >= 4 is 6.09 Å². The summed E-state index contributed by atoms with van der Waals surface area (Å²) in [6, 6.07) is 8.74. The third-order valence-electron chi connectivity index (χ3n) is 3.73. The lowest BCUT2D eigenvalue weighted by molar-refractivity contribution is 0.170. The highest BCUT2D eigenvalue weighted by Gasteiger charge is 2.29. The van der Waals surface area contributed by atoms with Crippen molar-refractivity contribution in [3.05, 3.63) is 35.4 Å². The van der Waals surface area contributed by atoms with Crippen LogP contribution in [0.3, 0.4) is 0 Å². The molecular formula is C16H20N2O2. The molecule has 0 saturated carbocycles. The predicted molar refractivity (Wildman–Crippen MR) is 78.4 cm³/mol. The summed E-state index contributed by atoms with van der Waals surface area (Å²) in [6.07, 6.45) is 6.86. The van der Waals surface area contributed by atoms with Gasteiger partial charge in [-0.3, -0.25) is 5.32 Å². The van der Waals surface area contributed by atoms with Crippen LogP contribution in [0.5, 0.6) is 0 Å². The largest absolute Gasteiger partial charge is 0.453 e. The number of rotatable bonds is 5. The first kappa shape index (κ1) is 14.4. The number of carbonyl (C=O) groups excluding carboxylic acids is 1. The molecule has 20 heavy (non-hydrogen) atoms. The van der Waals surface area contributed by atoms with E-state index in [-0.39, 0.29) is 6.09 Å². The highest BCUT2D eigenvalue weighted by atomic mass is 16.5. The van der Waals surface area contributed by atoms with Crippen LogP contribution in [0.4, 0.5) is 4.79 Å². The van der Waals surface area contributed by atoms with Crippen LogP contribution in [-0.2, 0) is 4.74 Å². The number of carbonyl (C=O) groups is 1. The predicted octanol–water partition coefficient (Wildman–Crippen LogP) is 2.18. The van der Waals surface area contributed by atoms with E-state index < -0.39 is 0 Å². The first-order valence-corrected chi connectivity index (χ1v) is 6.83.